The number of nitrogens with two attached hydrogens (primary N) is 1. The average molecular weight is 288 g/mol. The van der Waals surface area contributed by atoms with Gasteiger partial charge in [-0.25, -0.2) is 0 Å². The highest BCUT2D eigenvalue weighted by molar-refractivity contribution is 5.48. The predicted octanol–water partition coefficient (Wildman–Crippen LogP) is 3.46. The quantitative estimate of drug-likeness (QED) is 0.922. The van der Waals surface area contributed by atoms with Gasteiger partial charge in [-0.1, -0.05) is 31.4 Å². The Morgan fingerprint density at radius 1 is 1.24 bits per heavy atom. The molecular weight excluding hydrogens is 260 g/mol. The van der Waals surface area contributed by atoms with E-state index in [1.54, 1.807) is 0 Å². The van der Waals surface area contributed by atoms with Crippen molar-refractivity contribution in [3.05, 3.63) is 29.8 Å². The third-order valence-corrected chi connectivity index (χ3v) is 5.17. The lowest BCUT2D eigenvalue weighted by Crippen LogP contribution is -2.35. The first-order valence-corrected chi connectivity index (χ1v) is 8.39. The molecule has 1 spiro atoms. The summed E-state index contributed by atoms with van der Waals surface area (Å²) in [5.41, 5.74) is 8.39. The van der Waals surface area contributed by atoms with Crippen molar-refractivity contribution >= 4 is 5.69 Å². The van der Waals surface area contributed by atoms with Crippen LogP contribution in [-0.2, 0) is 11.3 Å². The third-order valence-electron chi connectivity index (χ3n) is 5.17. The second-order valence-corrected chi connectivity index (χ2v) is 6.78. The van der Waals surface area contributed by atoms with E-state index in [1.807, 2.05) is 0 Å². The van der Waals surface area contributed by atoms with Crippen LogP contribution in [0, 0.1) is 0 Å². The molecule has 3 heteroatoms. The van der Waals surface area contributed by atoms with E-state index in [9.17, 15) is 0 Å². The van der Waals surface area contributed by atoms with Crippen LogP contribution in [0.2, 0.25) is 0 Å². The molecule has 0 aromatic heterocycles. The molecule has 1 aromatic rings. The van der Waals surface area contributed by atoms with Gasteiger partial charge in [0.25, 0.3) is 0 Å². The molecule has 3 rings (SSSR count). The van der Waals surface area contributed by atoms with E-state index < -0.39 is 0 Å². The van der Waals surface area contributed by atoms with Crippen LogP contribution in [0.25, 0.3) is 0 Å². The Morgan fingerprint density at radius 2 is 2.05 bits per heavy atom. The SMILES string of the molecule is CN(CC1CCC2(CCCCC2)O1)c1cccc(CN)c1. The zero-order valence-corrected chi connectivity index (χ0v) is 13.2. The molecule has 1 aliphatic heterocycles. The first-order valence-electron chi connectivity index (χ1n) is 8.39. The van der Waals surface area contributed by atoms with Crippen molar-refractivity contribution in [1.82, 2.24) is 0 Å². The van der Waals surface area contributed by atoms with Crippen molar-refractivity contribution in [2.45, 2.75) is 63.2 Å². The molecule has 2 fully saturated rings. The molecule has 21 heavy (non-hydrogen) atoms. The first kappa shape index (κ1) is 14.9. The minimum absolute atomic E-state index is 0.225. The van der Waals surface area contributed by atoms with Gasteiger partial charge in [-0.05, 0) is 43.4 Å². The lowest BCUT2D eigenvalue weighted by atomic mass is 9.83. The summed E-state index contributed by atoms with van der Waals surface area (Å²) in [5, 5.41) is 0. The molecule has 1 unspecified atom stereocenters. The van der Waals surface area contributed by atoms with E-state index in [0.29, 0.717) is 12.6 Å². The van der Waals surface area contributed by atoms with Crippen molar-refractivity contribution in [1.29, 1.82) is 0 Å². The Kier molecular flexibility index (Phi) is 4.51. The summed E-state index contributed by atoms with van der Waals surface area (Å²) in [6.07, 6.45) is 9.49. The molecule has 1 aliphatic carbocycles. The molecule has 1 saturated carbocycles. The number of ether oxygens (including phenoxy) is 1. The van der Waals surface area contributed by atoms with Gasteiger partial charge in [-0.2, -0.15) is 0 Å². The number of likely N-dealkylation sites (N-methyl/N-ethyl adjacent to an activating group) is 1. The Bertz CT molecular complexity index is 468. The smallest absolute Gasteiger partial charge is 0.0758 e. The van der Waals surface area contributed by atoms with Gasteiger partial charge >= 0.3 is 0 Å². The van der Waals surface area contributed by atoms with Crippen molar-refractivity contribution in [2.75, 3.05) is 18.5 Å². The molecule has 116 valence electrons. The Balaban J connectivity index is 1.59. The van der Waals surface area contributed by atoms with Crippen molar-refractivity contribution in [3.8, 4) is 0 Å². The highest BCUT2D eigenvalue weighted by atomic mass is 16.5. The Labute approximate surface area is 128 Å². The standard InChI is InChI=1S/C18H28N2O/c1-20(16-7-5-6-15(12-16)13-19)14-17-8-11-18(21-17)9-3-2-4-10-18/h5-7,12,17H,2-4,8-11,13-14,19H2,1H3. The van der Waals surface area contributed by atoms with E-state index in [2.05, 4.69) is 36.2 Å². The van der Waals surface area contributed by atoms with Crippen LogP contribution in [0.4, 0.5) is 5.69 Å². The molecule has 1 heterocycles. The maximum atomic E-state index is 6.47. The number of rotatable bonds is 4. The maximum absolute atomic E-state index is 6.47. The summed E-state index contributed by atoms with van der Waals surface area (Å²) in [4.78, 5) is 2.31. The number of nitrogens with zero attached hydrogens (tertiary/aromatic N) is 1. The number of anilines is 1. The lowest BCUT2D eigenvalue weighted by molar-refractivity contribution is -0.0602. The van der Waals surface area contributed by atoms with Gasteiger partial charge < -0.3 is 15.4 Å². The predicted molar refractivity (Wildman–Crippen MR) is 87.5 cm³/mol. The van der Waals surface area contributed by atoms with Crippen LogP contribution in [0.3, 0.4) is 0 Å². The van der Waals surface area contributed by atoms with E-state index in [0.717, 1.165) is 6.54 Å². The van der Waals surface area contributed by atoms with Gasteiger partial charge in [0.15, 0.2) is 0 Å². The molecule has 0 radical (unpaired) electrons. The molecule has 2 aliphatic rings. The zero-order valence-electron chi connectivity index (χ0n) is 13.2. The van der Waals surface area contributed by atoms with Gasteiger partial charge in [0, 0.05) is 25.8 Å². The van der Waals surface area contributed by atoms with Crippen LogP contribution >= 0.6 is 0 Å². The van der Waals surface area contributed by atoms with E-state index in [-0.39, 0.29) is 5.60 Å². The lowest BCUT2D eigenvalue weighted by Gasteiger charge is -2.34. The van der Waals surface area contributed by atoms with Gasteiger partial charge in [0.05, 0.1) is 11.7 Å². The largest absolute Gasteiger partial charge is 0.372 e. The number of hydrogen-bond donors (Lipinski definition) is 1. The third kappa shape index (κ3) is 3.41. The molecular formula is C18H28N2O. The van der Waals surface area contributed by atoms with Crippen molar-refractivity contribution in [2.24, 2.45) is 5.73 Å². The monoisotopic (exact) mass is 288 g/mol. The summed E-state index contributed by atoms with van der Waals surface area (Å²) >= 11 is 0. The fraction of sp³-hybridized carbons (Fsp3) is 0.667. The topological polar surface area (TPSA) is 38.5 Å². The second-order valence-electron chi connectivity index (χ2n) is 6.78. The van der Waals surface area contributed by atoms with Crippen LogP contribution in [0.15, 0.2) is 24.3 Å². The van der Waals surface area contributed by atoms with Crippen molar-refractivity contribution < 1.29 is 4.74 Å². The zero-order chi connectivity index (χ0) is 14.7. The Hall–Kier alpha value is -1.06. The maximum Gasteiger partial charge on any atom is 0.0758 e. The fourth-order valence-electron chi connectivity index (χ4n) is 3.92. The average Bonchev–Trinajstić information content (AvgIpc) is 2.90. The molecule has 1 atom stereocenters. The molecule has 0 amide bonds. The minimum atomic E-state index is 0.225. The summed E-state index contributed by atoms with van der Waals surface area (Å²) in [6.45, 7) is 1.58. The highest BCUT2D eigenvalue weighted by Crippen LogP contribution is 2.42. The summed E-state index contributed by atoms with van der Waals surface area (Å²) in [6, 6.07) is 8.52. The van der Waals surface area contributed by atoms with E-state index in [1.165, 1.54) is 56.2 Å². The molecule has 3 nitrogen and oxygen atoms in total. The van der Waals surface area contributed by atoms with Crippen LogP contribution in [0.5, 0.6) is 0 Å². The number of hydrogen-bond acceptors (Lipinski definition) is 3. The van der Waals surface area contributed by atoms with Gasteiger partial charge in [0.1, 0.15) is 0 Å². The van der Waals surface area contributed by atoms with Gasteiger partial charge in [-0.3, -0.25) is 0 Å². The van der Waals surface area contributed by atoms with Crippen LogP contribution in [0.1, 0.15) is 50.5 Å². The minimum Gasteiger partial charge on any atom is -0.372 e. The van der Waals surface area contributed by atoms with E-state index in [4.69, 9.17) is 10.5 Å². The molecule has 2 N–H and O–H groups in total. The van der Waals surface area contributed by atoms with Crippen LogP contribution < -0.4 is 10.6 Å². The van der Waals surface area contributed by atoms with Crippen molar-refractivity contribution in [3.63, 3.8) is 0 Å². The molecule has 1 aromatic carbocycles. The second kappa shape index (κ2) is 6.37. The summed E-state index contributed by atoms with van der Waals surface area (Å²) in [5.74, 6) is 0. The Morgan fingerprint density at radius 3 is 2.81 bits per heavy atom. The van der Waals surface area contributed by atoms with Crippen LogP contribution in [-0.4, -0.2) is 25.3 Å². The van der Waals surface area contributed by atoms with Gasteiger partial charge in [-0.15, -0.1) is 0 Å². The normalized spacial score (nSPS) is 24.4. The summed E-state index contributed by atoms with van der Waals surface area (Å²) < 4.78 is 6.47. The van der Waals surface area contributed by atoms with E-state index >= 15 is 0 Å². The number of benzene rings is 1. The van der Waals surface area contributed by atoms with Gasteiger partial charge in [0.2, 0.25) is 0 Å². The first-order chi connectivity index (χ1) is 10.2. The summed E-state index contributed by atoms with van der Waals surface area (Å²) in [7, 11) is 2.16. The fourth-order valence-corrected chi connectivity index (χ4v) is 3.92. The molecule has 1 saturated heterocycles. The highest BCUT2D eigenvalue weighted by Gasteiger charge is 2.40. The molecule has 0 bridgehead atoms.